The lowest BCUT2D eigenvalue weighted by atomic mass is 10.1. The molecule has 0 aliphatic carbocycles. The highest BCUT2D eigenvalue weighted by atomic mass is 32.1. The topological polar surface area (TPSA) is 52.0 Å². The first-order chi connectivity index (χ1) is 9.67. The van der Waals surface area contributed by atoms with E-state index in [1.807, 2.05) is 32.0 Å². The van der Waals surface area contributed by atoms with E-state index in [0.717, 1.165) is 38.9 Å². The summed E-state index contributed by atoms with van der Waals surface area (Å²) in [7, 11) is 0. The molecular formula is C16H16N2OS. The van der Waals surface area contributed by atoms with Gasteiger partial charge in [-0.3, -0.25) is 0 Å². The minimum atomic E-state index is 0.566. The molecule has 0 atom stereocenters. The zero-order valence-electron chi connectivity index (χ0n) is 11.5. The number of nitrogens with two attached hydrogens (primary N) is 1. The molecule has 3 aromatic rings. The van der Waals surface area contributed by atoms with Crippen LogP contribution in [0, 0.1) is 13.8 Å². The molecule has 0 saturated carbocycles. The summed E-state index contributed by atoms with van der Waals surface area (Å²) in [6, 6.07) is 10.3. The van der Waals surface area contributed by atoms with Gasteiger partial charge in [0, 0.05) is 23.1 Å². The molecule has 20 heavy (non-hydrogen) atoms. The van der Waals surface area contributed by atoms with Crippen molar-refractivity contribution in [2.75, 3.05) is 0 Å². The van der Waals surface area contributed by atoms with Crippen molar-refractivity contribution in [1.29, 1.82) is 0 Å². The number of rotatable bonds is 3. The average Bonchev–Trinajstić information content (AvgIpc) is 3.05. The molecule has 0 radical (unpaired) electrons. The van der Waals surface area contributed by atoms with Gasteiger partial charge in [0.2, 0.25) is 0 Å². The van der Waals surface area contributed by atoms with Gasteiger partial charge in [-0.1, -0.05) is 24.3 Å². The van der Waals surface area contributed by atoms with Crippen molar-refractivity contribution < 1.29 is 4.42 Å². The van der Waals surface area contributed by atoms with E-state index >= 15 is 0 Å². The third-order valence-corrected chi connectivity index (χ3v) is 4.15. The molecule has 2 N–H and O–H groups in total. The van der Waals surface area contributed by atoms with Crippen LogP contribution >= 0.6 is 11.3 Å². The number of hydrogen-bond acceptors (Lipinski definition) is 4. The minimum Gasteiger partial charge on any atom is -0.466 e. The van der Waals surface area contributed by atoms with Crippen molar-refractivity contribution in [2.24, 2.45) is 5.73 Å². The molecule has 0 bridgehead atoms. The smallest absolute Gasteiger partial charge is 0.124 e. The number of aromatic nitrogens is 1. The van der Waals surface area contributed by atoms with Gasteiger partial charge in [-0.05, 0) is 25.5 Å². The Morgan fingerprint density at radius 2 is 1.95 bits per heavy atom. The Balaban J connectivity index is 1.95. The highest BCUT2D eigenvalue weighted by Gasteiger charge is 2.12. The largest absolute Gasteiger partial charge is 0.466 e. The summed E-state index contributed by atoms with van der Waals surface area (Å²) in [5.41, 5.74) is 9.91. The molecule has 102 valence electrons. The van der Waals surface area contributed by atoms with Crippen LogP contribution in [0.25, 0.3) is 21.8 Å². The number of hydrogen-bond donors (Lipinski definition) is 1. The van der Waals surface area contributed by atoms with Crippen LogP contribution in [0.1, 0.15) is 17.1 Å². The van der Waals surface area contributed by atoms with Crippen LogP contribution < -0.4 is 5.73 Å². The maximum Gasteiger partial charge on any atom is 0.124 e. The summed E-state index contributed by atoms with van der Waals surface area (Å²) >= 11 is 1.64. The zero-order chi connectivity index (χ0) is 14.1. The summed E-state index contributed by atoms with van der Waals surface area (Å²) in [5, 5.41) is 3.09. The molecule has 0 unspecified atom stereocenters. The normalized spacial score (nSPS) is 10.9. The van der Waals surface area contributed by atoms with Crippen LogP contribution in [0.3, 0.4) is 0 Å². The van der Waals surface area contributed by atoms with Crippen LogP contribution in [-0.2, 0) is 6.54 Å². The molecule has 0 amide bonds. The van der Waals surface area contributed by atoms with Crippen molar-refractivity contribution in [3.05, 3.63) is 52.8 Å². The maximum atomic E-state index is 5.61. The Morgan fingerprint density at radius 1 is 1.20 bits per heavy atom. The molecule has 0 aliphatic heterocycles. The summed E-state index contributed by atoms with van der Waals surface area (Å²) in [6.45, 7) is 4.49. The first kappa shape index (κ1) is 13.1. The fourth-order valence-electron chi connectivity index (χ4n) is 2.20. The third-order valence-electron chi connectivity index (χ3n) is 3.26. The summed E-state index contributed by atoms with van der Waals surface area (Å²) in [4.78, 5) is 4.71. The zero-order valence-corrected chi connectivity index (χ0v) is 12.3. The second kappa shape index (κ2) is 5.23. The Kier molecular flexibility index (Phi) is 3.42. The lowest BCUT2D eigenvalue weighted by molar-refractivity contribution is 0.505. The molecule has 0 aliphatic rings. The Morgan fingerprint density at radius 3 is 2.55 bits per heavy atom. The molecule has 2 heterocycles. The second-order valence-electron chi connectivity index (χ2n) is 4.77. The van der Waals surface area contributed by atoms with Gasteiger partial charge in [0.25, 0.3) is 0 Å². The van der Waals surface area contributed by atoms with Gasteiger partial charge in [0.1, 0.15) is 16.5 Å². The molecule has 3 nitrogen and oxygen atoms in total. The summed E-state index contributed by atoms with van der Waals surface area (Å²) in [6.07, 6.45) is 0. The van der Waals surface area contributed by atoms with Crippen molar-refractivity contribution in [3.8, 4) is 21.8 Å². The first-order valence-corrected chi connectivity index (χ1v) is 7.37. The molecule has 0 fully saturated rings. The Bertz CT molecular complexity index is 725. The van der Waals surface area contributed by atoms with Crippen LogP contribution in [0.15, 0.2) is 40.1 Å². The quantitative estimate of drug-likeness (QED) is 0.786. The van der Waals surface area contributed by atoms with Crippen LogP contribution in [0.4, 0.5) is 0 Å². The Hall–Kier alpha value is -1.91. The summed E-state index contributed by atoms with van der Waals surface area (Å²) < 4.78 is 5.56. The van der Waals surface area contributed by atoms with Gasteiger partial charge in [0.15, 0.2) is 0 Å². The van der Waals surface area contributed by atoms with Gasteiger partial charge in [0.05, 0.1) is 5.69 Å². The molecule has 0 saturated heterocycles. The van der Waals surface area contributed by atoms with E-state index in [1.54, 1.807) is 11.3 Å². The molecule has 1 aromatic carbocycles. The predicted molar refractivity (Wildman–Crippen MR) is 82.6 cm³/mol. The van der Waals surface area contributed by atoms with Crippen molar-refractivity contribution in [2.45, 2.75) is 20.4 Å². The van der Waals surface area contributed by atoms with E-state index in [2.05, 4.69) is 17.5 Å². The van der Waals surface area contributed by atoms with Gasteiger partial charge >= 0.3 is 0 Å². The molecule has 2 aromatic heterocycles. The van der Waals surface area contributed by atoms with E-state index in [0.29, 0.717) is 6.54 Å². The first-order valence-electron chi connectivity index (χ1n) is 6.49. The number of furan rings is 1. The SMILES string of the molecule is Cc1cc(-c2csc(-c3ccc(CN)cc3)n2)c(C)o1. The fourth-order valence-corrected chi connectivity index (χ4v) is 3.02. The van der Waals surface area contributed by atoms with E-state index in [9.17, 15) is 0 Å². The van der Waals surface area contributed by atoms with E-state index in [-0.39, 0.29) is 0 Å². The standard InChI is InChI=1S/C16H16N2OS/c1-10-7-14(11(2)19-10)15-9-20-16(18-15)13-5-3-12(8-17)4-6-13/h3-7,9H,8,17H2,1-2H3. The van der Waals surface area contributed by atoms with Crippen molar-refractivity contribution >= 4 is 11.3 Å². The number of aryl methyl sites for hydroxylation is 2. The Labute approximate surface area is 122 Å². The van der Waals surface area contributed by atoms with Crippen molar-refractivity contribution in [1.82, 2.24) is 4.98 Å². The van der Waals surface area contributed by atoms with Gasteiger partial charge in [-0.15, -0.1) is 11.3 Å². The number of benzene rings is 1. The third kappa shape index (κ3) is 2.40. The lowest BCUT2D eigenvalue weighted by Crippen LogP contribution is -1.95. The molecule has 0 spiro atoms. The highest BCUT2D eigenvalue weighted by Crippen LogP contribution is 2.31. The second-order valence-corrected chi connectivity index (χ2v) is 5.62. The average molecular weight is 284 g/mol. The number of nitrogens with zero attached hydrogens (tertiary/aromatic N) is 1. The minimum absolute atomic E-state index is 0.566. The van der Waals surface area contributed by atoms with Crippen molar-refractivity contribution in [3.63, 3.8) is 0 Å². The predicted octanol–water partition coefficient (Wildman–Crippen LogP) is 4.15. The number of thiazole rings is 1. The van der Waals surface area contributed by atoms with Gasteiger partial charge < -0.3 is 10.2 Å². The molecule has 3 rings (SSSR count). The highest BCUT2D eigenvalue weighted by molar-refractivity contribution is 7.13. The van der Waals surface area contributed by atoms with Crippen LogP contribution in [0.5, 0.6) is 0 Å². The van der Waals surface area contributed by atoms with E-state index in [4.69, 9.17) is 15.1 Å². The van der Waals surface area contributed by atoms with Crippen LogP contribution in [0.2, 0.25) is 0 Å². The lowest BCUT2D eigenvalue weighted by Gasteiger charge is -1.99. The van der Waals surface area contributed by atoms with Gasteiger partial charge in [-0.25, -0.2) is 4.98 Å². The van der Waals surface area contributed by atoms with E-state index < -0.39 is 0 Å². The molecule has 4 heteroatoms. The monoisotopic (exact) mass is 284 g/mol. The fraction of sp³-hybridized carbons (Fsp3) is 0.188. The maximum absolute atomic E-state index is 5.61. The molecular weight excluding hydrogens is 268 g/mol. The van der Waals surface area contributed by atoms with Crippen LogP contribution in [-0.4, -0.2) is 4.98 Å². The summed E-state index contributed by atoms with van der Waals surface area (Å²) in [5.74, 6) is 1.83. The van der Waals surface area contributed by atoms with E-state index in [1.165, 1.54) is 0 Å². The van der Waals surface area contributed by atoms with Gasteiger partial charge in [-0.2, -0.15) is 0 Å².